The molecule has 22 heavy (non-hydrogen) atoms. The Bertz CT molecular complexity index is 514. The minimum Gasteiger partial charge on any atom is -0.508 e. The van der Waals surface area contributed by atoms with Gasteiger partial charge in [-0.05, 0) is 44.5 Å². The molecule has 1 amide bonds. The summed E-state index contributed by atoms with van der Waals surface area (Å²) in [6.07, 6.45) is -0.243. The maximum absolute atomic E-state index is 12.0. The second kappa shape index (κ2) is 6.87. The van der Waals surface area contributed by atoms with Gasteiger partial charge in [0.2, 0.25) is 0 Å². The fraction of sp³-hybridized carbons (Fsp3) is 0.562. The van der Waals surface area contributed by atoms with Gasteiger partial charge in [-0.3, -0.25) is 4.90 Å². The van der Waals surface area contributed by atoms with E-state index in [4.69, 9.17) is 4.74 Å². The van der Waals surface area contributed by atoms with Gasteiger partial charge in [0.15, 0.2) is 0 Å². The van der Waals surface area contributed by atoms with Crippen LogP contribution in [0, 0.1) is 0 Å². The molecule has 1 heterocycles. The molecule has 6 heteroatoms. The number of phenolic OH excluding ortho intramolecular Hbond substituents is 1. The molecule has 0 bridgehead atoms. The summed E-state index contributed by atoms with van der Waals surface area (Å²) in [5.41, 5.74) is 0.597. The zero-order valence-electron chi connectivity index (χ0n) is 13.3. The highest BCUT2D eigenvalue weighted by Gasteiger charge is 2.25. The number of carbonyl (C=O) groups excluding carboxylic acids is 1. The van der Waals surface area contributed by atoms with Crippen molar-refractivity contribution in [2.45, 2.75) is 32.9 Å². The molecular weight excluding hydrogens is 348 g/mol. The molecule has 1 aliphatic rings. The predicted octanol–water partition coefficient (Wildman–Crippen LogP) is 3.21. The second-order valence-electron chi connectivity index (χ2n) is 6.56. The summed E-state index contributed by atoms with van der Waals surface area (Å²) in [4.78, 5) is 16.0. The van der Waals surface area contributed by atoms with E-state index in [9.17, 15) is 9.90 Å². The Kier molecular flexibility index (Phi) is 5.34. The predicted molar refractivity (Wildman–Crippen MR) is 88.9 cm³/mol. The summed E-state index contributed by atoms with van der Waals surface area (Å²) in [6, 6.07) is 5.44. The van der Waals surface area contributed by atoms with Crippen LogP contribution in [0.5, 0.6) is 5.75 Å². The van der Waals surface area contributed by atoms with Crippen LogP contribution in [0.4, 0.5) is 4.79 Å². The molecule has 122 valence electrons. The lowest BCUT2D eigenvalue weighted by Crippen LogP contribution is -2.49. The lowest BCUT2D eigenvalue weighted by atomic mass is 10.2. The molecule has 5 nitrogen and oxygen atoms in total. The molecule has 0 unspecified atom stereocenters. The number of nitrogens with zero attached hydrogens (tertiary/aromatic N) is 2. The van der Waals surface area contributed by atoms with Crippen molar-refractivity contribution in [1.82, 2.24) is 9.80 Å². The van der Waals surface area contributed by atoms with E-state index in [0.717, 1.165) is 29.7 Å². The van der Waals surface area contributed by atoms with Crippen LogP contribution in [0.3, 0.4) is 0 Å². The number of halogens is 1. The van der Waals surface area contributed by atoms with Crippen LogP contribution >= 0.6 is 15.9 Å². The van der Waals surface area contributed by atoms with Crippen molar-refractivity contribution in [2.75, 3.05) is 26.2 Å². The van der Waals surface area contributed by atoms with Crippen LogP contribution < -0.4 is 0 Å². The van der Waals surface area contributed by atoms with E-state index in [1.54, 1.807) is 17.0 Å². The molecular formula is C16H23BrN2O3. The first-order valence-electron chi connectivity index (χ1n) is 7.42. The highest BCUT2D eigenvalue weighted by Crippen LogP contribution is 2.22. The molecule has 0 aliphatic carbocycles. The summed E-state index contributed by atoms with van der Waals surface area (Å²) in [5.74, 6) is 0.261. The maximum Gasteiger partial charge on any atom is 0.410 e. The van der Waals surface area contributed by atoms with Gasteiger partial charge in [0.1, 0.15) is 11.4 Å². The van der Waals surface area contributed by atoms with Gasteiger partial charge in [0, 0.05) is 37.2 Å². The molecule has 1 saturated heterocycles. The third-order valence-corrected chi connectivity index (χ3v) is 3.83. The molecule has 2 rings (SSSR count). The standard InChI is InChI=1S/C16H23BrN2O3/c1-16(2,3)22-15(21)19-6-4-18(5-7-19)11-12-8-13(17)10-14(20)9-12/h8-10,20H,4-7,11H2,1-3H3. The molecule has 0 spiro atoms. The molecule has 0 aromatic heterocycles. The van der Waals surface area contributed by atoms with Crippen molar-refractivity contribution < 1.29 is 14.6 Å². The third kappa shape index (κ3) is 5.18. The quantitative estimate of drug-likeness (QED) is 0.868. The topological polar surface area (TPSA) is 53.0 Å². The monoisotopic (exact) mass is 370 g/mol. The second-order valence-corrected chi connectivity index (χ2v) is 7.48. The number of hydrogen-bond acceptors (Lipinski definition) is 4. The summed E-state index contributed by atoms with van der Waals surface area (Å²) in [7, 11) is 0. The Hall–Kier alpha value is -1.27. The first-order valence-corrected chi connectivity index (χ1v) is 8.21. The molecule has 1 aliphatic heterocycles. The number of ether oxygens (including phenoxy) is 1. The van der Waals surface area contributed by atoms with E-state index in [1.807, 2.05) is 26.8 Å². The zero-order valence-corrected chi connectivity index (χ0v) is 14.9. The number of carbonyl (C=O) groups is 1. The molecule has 0 saturated carbocycles. The van der Waals surface area contributed by atoms with E-state index < -0.39 is 5.60 Å². The Morgan fingerprint density at radius 2 is 1.86 bits per heavy atom. The Morgan fingerprint density at radius 1 is 1.23 bits per heavy atom. The van der Waals surface area contributed by atoms with E-state index >= 15 is 0 Å². The molecule has 0 atom stereocenters. The fourth-order valence-corrected chi connectivity index (χ4v) is 2.93. The Labute approximate surface area is 140 Å². The minimum atomic E-state index is -0.456. The largest absolute Gasteiger partial charge is 0.508 e. The first kappa shape index (κ1) is 17.1. The number of rotatable bonds is 2. The van der Waals surface area contributed by atoms with Gasteiger partial charge in [-0.15, -0.1) is 0 Å². The number of aromatic hydroxyl groups is 1. The van der Waals surface area contributed by atoms with Gasteiger partial charge in [-0.25, -0.2) is 4.79 Å². The van der Waals surface area contributed by atoms with Gasteiger partial charge in [0.05, 0.1) is 0 Å². The van der Waals surface area contributed by atoms with Crippen molar-refractivity contribution in [3.63, 3.8) is 0 Å². The minimum absolute atomic E-state index is 0.243. The van der Waals surface area contributed by atoms with E-state index in [1.165, 1.54) is 0 Å². The van der Waals surface area contributed by atoms with Crippen LogP contribution in [-0.2, 0) is 11.3 Å². The van der Waals surface area contributed by atoms with Crippen LogP contribution in [0.2, 0.25) is 0 Å². The van der Waals surface area contributed by atoms with Crippen molar-refractivity contribution in [3.05, 3.63) is 28.2 Å². The van der Waals surface area contributed by atoms with Gasteiger partial charge in [-0.1, -0.05) is 15.9 Å². The van der Waals surface area contributed by atoms with Gasteiger partial charge in [0.25, 0.3) is 0 Å². The molecule has 1 aromatic rings. The average molecular weight is 371 g/mol. The first-order chi connectivity index (χ1) is 10.2. The van der Waals surface area contributed by atoms with Crippen molar-refractivity contribution >= 4 is 22.0 Å². The van der Waals surface area contributed by atoms with E-state index in [-0.39, 0.29) is 11.8 Å². The van der Waals surface area contributed by atoms with Crippen molar-refractivity contribution in [1.29, 1.82) is 0 Å². The summed E-state index contributed by atoms with van der Waals surface area (Å²) < 4.78 is 6.26. The van der Waals surface area contributed by atoms with Crippen molar-refractivity contribution in [2.24, 2.45) is 0 Å². The normalized spacial score (nSPS) is 16.6. The van der Waals surface area contributed by atoms with E-state index in [2.05, 4.69) is 20.8 Å². The van der Waals surface area contributed by atoms with Crippen LogP contribution in [-0.4, -0.2) is 52.8 Å². The number of benzene rings is 1. The number of amides is 1. The third-order valence-electron chi connectivity index (χ3n) is 3.37. The molecule has 1 aromatic carbocycles. The number of piperazine rings is 1. The Morgan fingerprint density at radius 3 is 2.41 bits per heavy atom. The van der Waals surface area contributed by atoms with Crippen LogP contribution in [0.15, 0.2) is 22.7 Å². The zero-order chi connectivity index (χ0) is 16.3. The lowest BCUT2D eigenvalue weighted by Gasteiger charge is -2.35. The maximum atomic E-state index is 12.0. The van der Waals surface area contributed by atoms with Gasteiger partial charge >= 0.3 is 6.09 Å². The average Bonchev–Trinajstić information content (AvgIpc) is 2.36. The SMILES string of the molecule is CC(C)(C)OC(=O)N1CCN(Cc2cc(O)cc(Br)c2)CC1. The van der Waals surface area contributed by atoms with Crippen LogP contribution in [0.25, 0.3) is 0 Å². The summed E-state index contributed by atoms with van der Waals surface area (Å²) in [5, 5.41) is 9.63. The Balaban J connectivity index is 1.86. The molecule has 1 N–H and O–H groups in total. The number of hydrogen-bond donors (Lipinski definition) is 1. The number of phenols is 1. The summed E-state index contributed by atoms with van der Waals surface area (Å²) in [6.45, 7) is 9.31. The van der Waals surface area contributed by atoms with E-state index in [0.29, 0.717) is 13.1 Å². The highest BCUT2D eigenvalue weighted by molar-refractivity contribution is 9.10. The smallest absolute Gasteiger partial charge is 0.410 e. The highest BCUT2D eigenvalue weighted by atomic mass is 79.9. The molecule has 0 radical (unpaired) electrons. The molecule has 1 fully saturated rings. The van der Waals surface area contributed by atoms with Gasteiger partial charge in [-0.2, -0.15) is 0 Å². The summed E-state index contributed by atoms with van der Waals surface area (Å²) >= 11 is 3.39. The van der Waals surface area contributed by atoms with Crippen LogP contribution in [0.1, 0.15) is 26.3 Å². The fourth-order valence-electron chi connectivity index (χ4n) is 2.40. The lowest BCUT2D eigenvalue weighted by molar-refractivity contribution is 0.0139. The van der Waals surface area contributed by atoms with Gasteiger partial charge < -0.3 is 14.7 Å². The van der Waals surface area contributed by atoms with Crippen molar-refractivity contribution in [3.8, 4) is 5.75 Å².